The molecule has 0 bridgehead atoms. The Balaban J connectivity index is 4.02. The lowest BCUT2D eigenvalue weighted by atomic mass is 10.1. The molecule has 13 heavy (non-hydrogen) atoms. The van der Waals surface area contributed by atoms with Gasteiger partial charge in [-0.25, -0.2) is 0 Å². The van der Waals surface area contributed by atoms with Gasteiger partial charge in [-0.1, -0.05) is 33.7 Å². The van der Waals surface area contributed by atoms with Crippen LogP contribution in [-0.2, 0) is 0 Å². The van der Waals surface area contributed by atoms with Crippen LogP contribution in [0.1, 0.15) is 34.1 Å². The van der Waals surface area contributed by atoms with Gasteiger partial charge < -0.3 is 10.6 Å². The summed E-state index contributed by atoms with van der Waals surface area (Å²) in [7, 11) is 2.09. The van der Waals surface area contributed by atoms with Gasteiger partial charge in [0, 0.05) is 9.52 Å². The summed E-state index contributed by atoms with van der Waals surface area (Å²) in [5.74, 6) is 0. The van der Waals surface area contributed by atoms with E-state index in [0.29, 0.717) is 11.2 Å². The maximum absolute atomic E-state index is 3.57. The maximum Gasteiger partial charge on any atom is 0.0591 e. The average Bonchev–Trinajstić information content (AvgIpc) is 2.05. The third kappa shape index (κ3) is 4.79. The van der Waals surface area contributed by atoms with Crippen LogP contribution in [-0.4, -0.2) is 29.3 Å². The van der Waals surface area contributed by atoms with Crippen molar-refractivity contribution < 1.29 is 0 Å². The molecule has 0 aromatic rings. The van der Waals surface area contributed by atoms with Crippen LogP contribution in [0.4, 0.5) is 0 Å². The molecule has 2 N–H and O–H groups in total. The smallest absolute Gasteiger partial charge is 0.0591 e. The Bertz CT molecular complexity index is 126. The minimum atomic E-state index is 0.0382. The van der Waals surface area contributed by atoms with Crippen LogP contribution >= 0.6 is 0 Å². The molecule has 0 rings (SSSR count). The third-order valence-electron chi connectivity index (χ3n) is 2.56. The van der Waals surface area contributed by atoms with E-state index in [-0.39, 0.29) is 9.52 Å². The van der Waals surface area contributed by atoms with E-state index in [1.807, 2.05) is 0 Å². The number of rotatable bonds is 7. The van der Waals surface area contributed by atoms with Crippen molar-refractivity contribution in [3.63, 3.8) is 0 Å². The molecule has 0 fully saturated rings. The lowest BCUT2D eigenvalue weighted by molar-refractivity contribution is 0.367. The van der Waals surface area contributed by atoms with Gasteiger partial charge in [-0.2, -0.15) is 0 Å². The van der Waals surface area contributed by atoms with E-state index in [4.69, 9.17) is 0 Å². The van der Waals surface area contributed by atoms with Crippen molar-refractivity contribution in [3.8, 4) is 0 Å². The fourth-order valence-corrected chi connectivity index (χ4v) is 3.77. The molecule has 0 amide bonds. The van der Waals surface area contributed by atoms with E-state index in [0.717, 1.165) is 6.54 Å². The Morgan fingerprint density at radius 2 is 1.92 bits per heavy atom. The number of hydrogen-bond donors (Lipinski definition) is 2. The van der Waals surface area contributed by atoms with Crippen LogP contribution < -0.4 is 10.6 Å². The molecule has 1 atom stereocenters. The molecule has 80 valence electrons. The van der Waals surface area contributed by atoms with Crippen molar-refractivity contribution in [3.05, 3.63) is 0 Å². The van der Waals surface area contributed by atoms with Gasteiger partial charge in [0.15, 0.2) is 0 Å². The summed E-state index contributed by atoms with van der Waals surface area (Å²) < 4.78 is 0. The second-order valence-corrected chi connectivity index (χ2v) is 7.74. The molecule has 0 spiro atoms. The van der Waals surface area contributed by atoms with Crippen LogP contribution in [0, 0.1) is 0 Å². The fraction of sp³-hybridized carbons (Fsp3) is 1.00. The van der Waals surface area contributed by atoms with Gasteiger partial charge in [0.2, 0.25) is 0 Å². The van der Waals surface area contributed by atoms with E-state index in [9.17, 15) is 0 Å². The zero-order valence-electron chi connectivity index (χ0n) is 9.91. The SMILES string of the molecule is CCCNC(NC)C(C)(C)[SiH2]CC. The summed E-state index contributed by atoms with van der Waals surface area (Å²) in [6.45, 7) is 10.4. The highest BCUT2D eigenvalue weighted by Gasteiger charge is 2.26. The molecule has 0 aliphatic heterocycles. The molecule has 0 heterocycles. The minimum absolute atomic E-state index is 0.0382. The van der Waals surface area contributed by atoms with Gasteiger partial charge in [0.05, 0.1) is 6.17 Å². The zero-order valence-corrected chi connectivity index (χ0v) is 11.3. The van der Waals surface area contributed by atoms with Gasteiger partial charge in [-0.15, -0.1) is 0 Å². The van der Waals surface area contributed by atoms with E-state index in [1.54, 1.807) is 0 Å². The van der Waals surface area contributed by atoms with Crippen molar-refractivity contribution in [2.45, 2.75) is 51.4 Å². The van der Waals surface area contributed by atoms with Gasteiger partial charge in [-0.05, 0) is 25.1 Å². The highest BCUT2D eigenvalue weighted by Crippen LogP contribution is 2.26. The van der Waals surface area contributed by atoms with E-state index >= 15 is 0 Å². The van der Waals surface area contributed by atoms with Gasteiger partial charge >= 0.3 is 0 Å². The summed E-state index contributed by atoms with van der Waals surface area (Å²) in [6.07, 6.45) is 1.71. The van der Waals surface area contributed by atoms with Crippen LogP contribution in [0.25, 0.3) is 0 Å². The summed E-state index contributed by atoms with van der Waals surface area (Å²) in [6, 6.07) is 1.39. The van der Waals surface area contributed by atoms with E-state index < -0.39 is 0 Å². The van der Waals surface area contributed by atoms with Gasteiger partial charge in [0.1, 0.15) is 0 Å². The first-order valence-electron chi connectivity index (χ1n) is 5.49. The van der Waals surface area contributed by atoms with E-state index in [1.165, 1.54) is 12.5 Å². The second kappa shape index (κ2) is 6.57. The maximum atomic E-state index is 3.57. The minimum Gasteiger partial charge on any atom is -0.305 e. The Morgan fingerprint density at radius 3 is 2.31 bits per heavy atom. The lowest BCUT2D eigenvalue weighted by Crippen LogP contribution is -2.49. The van der Waals surface area contributed by atoms with Gasteiger partial charge in [0.25, 0.3) is 0 Å². The molecular weight excluding hydrogens is 176 g/mol. The van der Waals surface area contributed by atoms with Crippen LogP contribution in [0.3, 0.4) is 0 Å². The Morgan fingerprint density at radius 1 is 1.31 bits per heavy atom. The summed E-state index contributed by atoms with van der Waals surface area (Å²) in [5.41, 5.74) is 0. The molecule has 1 unspecified atom stereocenters. The van der Waals surface area contributed by atoms with Crippen molar-refractivity contribution in [2.24, 2.45) is 0 Å². The first kappa shape index (κ1) is 13.1. The van der Waals surface area contributed by atoms with Crippen molar-refractivity contribution in [1.82, 2.24) is 10.6 Å². The van der Waals surface area contributed by atoms with Crippen molar-refractivity contribution in [2.75, 3.05) is 13.6 Å². The molecule has 0 aromatic carbocycles. The summed E-state index contributed by atoms with van der Waals surface area (Å²) in [5, 5.41) is 7.44. The highest BCUT2D eigenvalue weighted by atomic mass is 28.2. The molecule has 3 heteroatoms. The molecule has 0 saturated carbocycles. The van der Waals surface area contributed by atoms with Gasteiger partial charge in [-0.3, -0.25) is 0 Å². The monoisotopic (exact) mass is 202 g/mol. The normalized spacial score (nSPS) is 15.5. The van der Waals surface area contributed by atoms with Crippen LogP contribution in [0.15, 0.2) is 0 Å². The predicted molar refractivity (Wildman–Crippen MR) is 64.2 cm³/mol. The molecule has 0 aliphatic rings. The van der Waals surface area contributed by atoms with E-state index in [2.05, 4.69) is 45.4 Å². The zero-order chi connectivity index (χ0) is 10.3. The largest absolute Gasteiger partial charge is 0.305 e. The molecule has 0 saturated heterocycles. The first-order chi connectivity index (χ1) is 6.08. The first-order valence-corrected chi connectivity index (χ1v) is 7.19. The summed E-state index contributed by atoms with van der Waals surface area (Å²) in [4.78, 5) is 0. The highest BCUT2D eigenvalue weighted by molar-refractivity contribution is 6.39. The molecule has 2 nitrogen and oxygen atoms in total. The fourth-order valence-electron chi connectivity index (χ4n) is 1.85. The molecule has 0 radical (unpaired) electrons. The average molecular weight is 202 g/mol. The van der Waals surface area contributed by atoms with Crippen molar-refractivity contribution in [1.29, 1.82) is 0 Å². The number of nitrogens with one attached hydrogen (secondary N) is 2. The molecular formula is C10H26N2Si. The third-order valence-corrected chi connectivity index (χ3v) is 4.76. The topological polar surface area (TPSA) is 24.1 Å². The second-order valence-electron chi connectivity index (χ2n) is 4.41. The molecule has 0 aromatic heterocycles. The van der Waals surface area contributed by atoms with Crippen molar-refractivity contribution >= 4 is 9.52 Å². The Hall–Kier alpha value is 0.137. The standard InChI is InChI=1S/C10H26N2Si/c1-6-8-12-9(11-5)10(3,4)13-7-2/h9,11-12H,6-8,13H2,1-5H3. The molecule has 0 aliphatic carbocycles. The number of hydrogen-bond acceptors (Lipinski definition) is 2. The predicted octanol–water partition coefficient (Wildman–Crippen LogP) is 1.34. The Kier molecular flexibility index (Phi) is 6.64. The summed E-state index contributed by atoms with van der Waals surface area (Å²) >= 11 is 0. The Labute approximate surface area is 85.7 Å². The quantitative estimate of drug-likeness (QED) is 0.481. The van der Waals surface area contributed by atoms with Crippen LogP contribution in [0.2, 0.25) is 11.1 Å². The lowest BCUT2D eigenvalue weighted by Gasteiger charge is -2.34. The van der Waals surface area contributed by atoms with Crippen LogP contribution in [0.5, 0.6) is 0 Å².